The van der Waals surface area contributed by atoms with Crippen molar-refractivity contribution >= 4 is 17.4 Å². The number of rotatable bonds is 8. The molecule has 0 unspecified atom stereocenters. The Labute approximate surface area is 204 Å². The number of aromatic nitrogens is 2. The van der Waals surface area contributed by atoms with E-state index in [0.717, 1.165) is 28.2 Å². The molecule has 1 aromatic heterocycles. The average molecular weight is 476 g/mol. The number of amides is 1. The van der Waals surface area contributed by atoms with E-state index < -0.39 is 4.92 Å². The number of anilines is 1. The molecule has 182 valence electrons. The van der Waals surface area contributed by atoms with Crippen LogP contribution in [0.3, 0.4) is 0 Å². The maximum absolute atomic E-state index is 12.6. The SMILES string of the molecule is Cc1nc(C)c(Cc2ccc([N+](=O)[O-])cc2)c(N2CCN(C(=O)COCc3ccccc3)CC2)n1. The van der Waals surface area contributed by atoms with Crippen LogP contribution in [0.4, 0.5) is 11.5 Å². The lowest BCUT2D eigenvalue weighted by Gasteiger charge is -2.36. The van der Waals surface area contributed by atoms with Gasteiger partial charge in [0.2, 0.25) is 5.91 Å². The maximum Gasteiger partial charge on any atom is 0.269 e. The predicted octanol–water partition coefficient (Wildman–Crippen LogP) is 3.46. The number of nitro groups is 1. The van der Waals surface area contributed by atoms with Crippen molar-refractivity contribution in [2.45, 2.75) is 26.9 Å². The van der Waals surface area contributed by atoms with E-state index in [1.807, 2.05) is 49.1 Å². The summed E-state index contributed by atoms with van der Waals surface area (Å²) in [6.45, 7) is 6.81. The lowest BCUT2D eigenvalue weighted by Crippen LogP contribution is -2.50. The zero-order valence-corrected chi connectivity index (χ0v) is 20.0. The number of carbonyl (C=O) groups is 1. The van der Waals surface area contributed by atoms with E-state index in [9.17, 15) is 14.9 Å². The Morgan fingerprint density at radius 3 is 2.31 bits per heavy atom. The fourth-order valence-corrected chi connectivity index (χ4v) is 4.22. The first kappa shape index (κ1) is 24.3. The molecule has 4 rings (SSSR count). The molecule has 1 fully saturated rings. The van der Waals surface area contributed by atoms with Crippen LogP contribution in [0.1, 0.15) is 28.2 Å². The van der Waals surface area contributed by atoms with Crippen molar-refractivity contribution in [3.63, 3.8) is 0 Å². The van der Waals surface area contributed by atoms with Crippen molar-refractivity contribution < 1.29 is 14.5 Å². The first-order chi connectivity index (χ1) is 16.9. The maximum atomic E-state index is 12.6. The first-order valence-electron chi connectivity index (χ1n) is 11.6. The van der Waals surface area contributed by atoms with Gasteiger partial charge in [-0.1, -0.05) is 42.5 Å². The highest BCUT2D eigenvalue weighted by atomic mass is 16.6. The van der Waals surface area contributed by atoms with Crippen LogP contribution >= 0.6 is 0 Å². The van der Waals surface area contributed by atoms with Gasteiger partial charge in [0.05, 0.1) is 11.5 Å². The molecule has 2 heterocycles. The van der Waals surface area contributed by atoms with E-state index in [1.54, 1.807) is 12.1 Å². The van der Waals surface area contributed by atoms with Gasteiger partial charge in [0, 0.05) is 56.0 Å². The second-order valence-electron chi connectivity index (χ2n) is 8.60. The largest absolute Gasteiger partial charge is 0.367 e. The summed E-state index contributed by atoms with van der Waals surface area (Å²) in [7, 11) is 0. The lowest BCUT2D eigenvalue weighted by atomic mass is 10.0. The van der Waals surface area contributed by atoms with Gasteiger partial charge in [-0.25, -0.2) is 9.97 Å². The molecule has 9 heteroatoms. The van der Waals surface area contributed by atoms with E-state index in [0.29, 0.717) is 45.0 Å². The molecule has 0 spiro atoms. The zero-order valence-electron chi connectivity index (χ0n) is 20.0. The molecule has 0 bridgehead atoms. The number of hydrogen-bond acceptors (Lipinski definition) is 7. The Kier molecular flexibility index (Phi) is 7.67. The molecule has 3 aromatic rings. The molecule has 0 radical (unpaired) electrons. The van der Waals surface area contributed by atoms with Gasteiger partial charge in [-0.05, 0) is 25.0 Å². The number of piperazine rings is 1. The summed E-state index contributed by atoms with van der Waals surface area (Å²) in [5, 5.41) is 11.0. The summed E-state index contributed by atoms with van der Waals surface area (Å²) < 4.78 is 5.62. The number of carbonyl (C=O) groups excluding carboxylic acids is 1. The van der Waals surface area contributed by atoms with Gasteiger partial charge in [-0.15, -0.1) is 0 Å². The third-order valence-corrected chi connectivity index (χ3v) is 6.10. The smallest absolute Gasteiger partial charge is 0.269 e. The topological polar surface area (TPSA) is 102 Å². The summed E-state index contributed by atoms with van der Waals surface area (Å²) in [6.07, 6.45) is 0.575. The first-order valence-corrected chi connectivity index (χ1v) is 11.6. The number of hydrogen-bond donors (Lipinski definition) is 0. The van der Waals surface area contributed by atoms with E-state index in [4.69, 9.17) is 9.72 Å². The van der Waals surface area contributed by atoms with E-state index >= 15 is 0 Å². The number of ether oxygens (including phenoxy) is 1. The van der Waals surface area contributed by atoms with Crippen LogP contribution in [-0.2, 0) is 22.6 Å². The minimum Gasteiger partial charge on any atom is -0.367 e. The molecule has 0 atom stereocenters. The second-order valence-corrected chi connectivity index (χ2v) is 8.60. The average Bonchev–Trinajstić information content (AvgIpc) is 2.86. The molecule has 1 amide bonds. The molecular formula is C26H29N5O4. The summed E-state index contributed by atoms with van der Waals surface area (Å²) >= 11 is 0. The Hall–Kier alpha value is -3.85. The van der Waals surface area contributed by atoms with Gasteiger partial charge in [-0.3, -0.25) is 14.9 Å². The van der Waals surface area contributed by atoms with Crippen molar-refractivity contribution in [3.05, 3.63) is 92.9 Å². The predicted molar refractivity (Wildman–Crippen MR) is 132 cm³/mol. The second kappa shape index (κ2) is 11.1. The van der Waals surface area contributed by atoms with E-state index in [1.165, 1.54) is 12.1 Å². The molecule has 1 saturated heterocycles. The zero-order chi connectivity index (χ0) is 24.8. The molecule has 0 N–H and O–H groups in total. The lowest BCUT2D eigenvalue weighted by molar-refractivity contribution is -0.384. The highest BCUT2D eigenvalue weighted by molar-refractivity contribution is 5.77. The van der Waals surface area contributed by atoms with Crippen LogP contribution in [0.5, 0.6) is 0 Å². The molecule has 2 aromatic carbocycles. The third kappa shape index (κ3) is 6.19. The van der Waals surface area contributed by atoms with Crippen LogP contribution < -0.4 is 4.90 Å². The number of benzene rings is 2. The van der Waals surface area contributed by atoms with E-state index in [2.05, 4.69) is 9.88 Å². The van der Waals surface area contributed by atoms with Gasteiger partial charge in [0.25, 0.3) is 5.69 Å². The summed E-state index contributed by atoms with van der Waals surface area (Å²) in [5.41, 5.74) is 3.95. The van der Waals surface area contributed by atoms with Crippen LogP contribution in [0.25, 0.3) is 0 Å². The standard InChI is InChI=1S/C26H29N5O4/c1-19-24(16-21-8-10-23(11-9-21)31(33)34)26(28-20(2)27-19)30-14-12-29(13-15-30)25(32)18-35-17-22-6-4-3-5-7-22/h3-11H,12-18H2,1-2H3. The van der Waals surface area contributed by atoms with Crippen molar-refractivity contribution in [3.8, 4) is 0 Å². The fourth-order valence-electron chi connectivity index (χ4n) is 4.22. The van der Waals surface area contributed by atoms with Gasteiger partial charge in [-0.2, -0.15) is 0 Å². The Morgan fingerprint density at radius 1 is 0.971 bits per heavy atom. The minimum absolute atomic E-state index is 0.0123. The normalized spacial score (nSPS) is 13.7. The highest BCUT2D eigenvalue weighted by Crippen LogP contribution is 2.26. The van der Waals surface area contributed by atoms with Crippen LogP contribution in [-0.4, -0.2) is 58.5 Å². The number of non-ortho nitro benzene ring substituents is 1. The Morgan fingerprint density at radius 2 is 1.66 bits per heavy atom. The van der Waals surface area contributed by atoms with Gasteiger partial charge < -0.3 is 14.5 Å². The summed E-state index contributed by atoms with van der Waals surface area (Å²) in [6, 6.07) is 16.4. The van der Waals surface area contributed by atoms with Crippen LogP contribution in [0.2, 0.25) is 0 Å². The van der Waals surface area contributed by atoms with Crippen molar-refractivity contribution in [2.24, 2.45) is 0 Å². The minimum atomic E-state index is -0.400. The summed E-state index contributed by atoms with van der Waals surface area (Å²) in [4.78, 5) is 36.5. The Bertz CT molecular complexity index is 1180. The highest BCUT2D eigenvalue weighted by Gasteiger charge is 2.25. The van der Waals surface area contributed by atoms with Crippen LogP contribution in [0.15, 0.2) is 54.6 Å². The molecule has 9 nitrogen and oxygen atoms in total. The van der Waals surface area contributed by atoms with Crippen LogP contribution in [0, 0.1) is 24.0 Å². The van der Waals surface area contributed by atoms with E-state index in [-0.39, 0.29) is 18.2 Å². The fraction of sp³-hybridized carbons (Fsp3) is 0.346. The molecule has 0 aliphatic carbocycles. The number of nitrogens with zero attached hydrogens (tertiary/aromatic N) is 5. The molecule has 1 aliphatic heterocycles. The molecule has 0 saturated carbocycles. The van der Waals surface area contributed by atoms with Crippen molar-refractivity contribution in [1.29, 1.82) is 0 Å². The summed E-state index contributed by atoms with van der Waals surface area (Å²) in [5.74, 6) is 1.54. The molecule has 35 heavy (non-hydrogen) atoms. The van der Waals surface area contributed by atoms with Gasteiger partial charge in [0.1, 0.15) is 18.2 Å². The Balaban J connectivity index is 1.38. The monoisotopic (exact) mass is 475 g/mol. The molecular weight excluding hydrogens is 446 g/mol. The molecule has 1 aliphatic rings. The van der Waals surface area contributed by atoms with Crippen molar-refractivity contribution in [1.82, 2.24) is 14.9 Å². The van der Waals surface area contributed by atoms with Crippen molar-refractivity contribution in [2.75, 3.05) is 37.7 Å². The number of aryl methyl sites for hydroxylation is 2. The third-order valence-electron chi connectivity index (χ3n) is 6.10. The van der Waals surface area contributed by atoms with Gasteiger partial charge in [0.15, 0.2) is 0 Å². The quantitative estimate of drug-likeness (QED) is 0.363. The van der Waals surface area contributed by atoms with Gasteiger partial charge >= 0.3 is 0 Å². The number of nitro benzene ring substituents is 1.